The summed E-state index contributed by atoms with van der Waals surface area (Å²) in [6.07, 6.45) is 2.83. The molecule has 0 bridgehead atoms. The summed E-state index contributed by atoms with van der Waals surface area (Å²) in [5, 5.41) is 7.68. The van der Waals surface area contributed by atoms with Gasteiger partial charge in [-0.15, -0.1) is 0 Å². The van der Waals surface area contributed by atoms with Crippen LogP contribution < -0.4 is 0 Å². The van der Waals surface area contributed by atoms with E-state index in [1.807, 2.05) is 33.0 Å². The van der Waals surface area contributed by atoms with Crippen molar-refractivity contribution in [2.45, 2.75) is 32.8 Å². The van der Waals surface area contributed by atoms with Crippen molar-refractivity contribution in [3.63, 3.8) is 0 Å². The van der Waals surface area contributed by atoms with Crippen molar-refractivity contribution in [1.29, 1.82) is 0 Å². The zero-order valence-corrected chi connectivity index (χ0v) is 10.9. The van der Waals surface area contributed by atoms with Crippen LogP contribution in [-0.4, -0.2) is 27.6 Å². The van der Waals surface area contributed by atoms with Gasteiger partial charge in [0.25, 0.3) is 6.47 Å². The standard InChI is InChI=1S/C5H7BrN2.C5H10O2/c6-3-1-5-2-4-7-8-5;1-5(2,3)7-4-6/h2,4H,1,3H2,(H,7,8);4H,1-3H3. The fraction of sp³-hybridized carbons (Fsp3) is 0.600. The first-order valence-electron chi connectivity index (χ1n) is 4.65. The topological polar surface area (TPSA) is 55.0 Å². The molecule has 0 aliphatic rings. The third-order valence-corrected chi connectivity index (χ3v) is 1.71. The fourth-order valence-corrected chi connectivity index (χ4v) is 1.08. The number of aromatic amines is 1. The molecule has 0 saturated heterocycles. The minimum Gasteiger partial charge on any atom is -0.462 e. The van der Waals surface area contributed by atoms with E-state index < -0.39 is 0 Å². The van der Waals surface area contributed by atoms with Crippen LogP contribution in [0.25, 0.3) is 0 Å². The fourth-order valence-electron chi connectivity index (χ4n) is 0.671. The molecule has 1 rings (SSSR count). The molecule has 0 aliphatic carbocycles. The van der Waals surface area contributed by atoms with Crippen molar-refractivity contribution < 1.29 is 9.53 Å². The highest BCUT2D eigenvalue weighted by molar-refractivity contribution is 9.09. The van der Waals surface area contributed by atoms with Crippen LogP contribution >= 0.6 is 15.9 Å². The number of nitrogens with one attached hydrogen (secondary N) is 1. The Kier molecular flexibility index (Phi) is 7.03. The Morgan fingerprint density at radius 1 is 1.60 bits per heavy atom. The summed E-state index contributed by atoms with van der Waals surface area (Å²) >= 11 is 3.32. The molecule has 1 heterocycles. The lowest BCUT2D eigenvalue weighted by molar-refractivity contribution is -0.138. The maximum atomic E-state index is 9.60. The van der Waals surface area contributed by atoms with E-state index in [1.165, 1.54) is 0 Å². The van der Waals surface area contributed by atoms with Gasteiger partial charge < -0.3 is 4.74 Å². The van der Waals surface area contributed by atoms with E-state index in [0.29, 0.717) is 6.47 Å². The number of H-pyrrole nitrogens is 1. The number of carbonyl (C=O) groups excluding carboxylic acids is 1. The number of alkyl halides is 1. The molecule has 86 valence electrons. The molecule has 0 fully saturated rings. The average Bonchev–Trinajstić information content (AvgIpc) is 2.56. The minimum absolute atomic E-state index is 0.318. The quantitative estimate of drug-likeness (QED) is 0.681. The van der Waals surface area contributed by atoms with Crippen molar-refractivity contribution in [2.24, 2.45) is 0 Å². The number of aromatic nitrogens is 2. The summed E-state index contributed by atoms with van der Waals surface area (Å²) in [6, 6.07) is 1.97. The van der Waals surface area contributed by atoms with Gasteiger partial charge in [-0.2, -0.15) is 5.10 Å². The average molecular weight is 277 g/mol. The normalized spacial score (nSPS) is 10.1. The SMILES string of the molecule is BrCCc1cc[nH]n1.CC(C)(C)OC=O. The summed E-state index contributed by atoms with van der Waals surface area (Å²) in [7, 11) is 0. The second-order valence-electron chi connectivity index (χ2n) is 3.83. The maximum absolute atomic E-state index is 9.60. The largest absolute Gasteiger partial charge is 0.462 e. The summed E-state index contributed by atoms with van der Waals surface area (Å²) < 4.78 is 4.55. The Balaban J connectivity index is 0.000000265. The van der Waals surface area contributed by atoms with Gasteiger partial charge in [-0.1, -0.05) is 15.9 Å². The summed E-state index contributed by atoms with van der Waals surface area (Å²) in [5.74, 6) is 0. The molecular formula is C10H17BrN2O2. The van der Waals surface area contributed by atoms with Gasteiger partial charge >= 0.3 is 0 Å². The molecule has 0 amide bonds. The Labute approximate surface area is 98.5 Å². The van der Waals surface area contributed by atoms with E-state index in [2.05, 4.69) is 30.9 Å². The van der Waals surface area contributed by atoms with Gasteiger partial charge in [-0.25, -0.2) is 0 Å². The molecule has 0 spiro atoms. The Bertz CT molecular complexity index is 255. The number of halogens is 1. The van der Waals surface area contributed by atoms with Crippen LogP contribution in [0, 0.1) is 0 Å². The number of hydrogen-bond donors (Lipinski definition) is 1. The summed E-state index contributed by atoms with van der Waals surface area (Å²) in [5.41, 5.74) is 0.795. The first-order chi connectivity index (χ1) is 6.99. The summed E-state index contributed by atoms with van der Waals surface area (Å²) in [6.45, 7) is 5.92. The van der Waals surface area contributed by atoms with E-state index in [4.69, 9.17) is 0 Å². The molecule has 0 unspecified atom stereocenters. The molecule has 0 aliphatic heterocycles. The smallest absolute Gasteiger partial charge is 0.293 e. The molecular weight excluding hydrogens is 260 g/mol. The van der Waals surface area contributed by atoms with Crippen LogP contribution in [0.4, 0.5) is 0 Å². The molecule has 5 heteroatoms. The first-order valence-corrected chi connectivity index (χ1v) is 5.78. The number of aryl methyl sites for hydroxylation is 1. The lowest BCUT2D eigenvalue weighted by Crippen LogP contribution is -2.17. The van der Waals surface area contributed by atoms with E-state index in [1.54, 1.807) is 0 Å². The second-order valence-corrected chi connectivity index (χ2v) is 4.62. The van der Waals surface area contributed by atoms with Crippen LogP contribution in [0.2, 0.25) is 0 Å². The maximum Gasteiger partial charge on any atom is 0.293 e. The third-order valence-electron chi connectivity index (χ3n) is 1.31. The molecule has 0 saturated carbocycles. The number of carbonyl (C=O) groups is 1. The minimum atomic E-state index is -0.318. The molecule has 0 atom stereocenters. The van der Waals surface area contributed by atoms with Crippen LogP contribution in [0.1, 0.15) is 26.5 Å². The predicted octanol–water partition coefficient (Wildman–Crippen LogP) is 2.30. The van der Waals surface area contributed by atoms with Crippen molar-refractivity contribution in [3.8, 4) is 0 Å². The summed E-state index contributed by atoms with van der Waals surface area (Å²) in [4.78, 5) is 9.60. The van der Waals surface area contributed by atoms with E-state index in [0.717, 1.165) is 17.4 Å². The van der Waals surface area contributed by atoms with E-state index in [-0.39, 0.29) is 5.60 Å². The zero-order chi connectivity index (χ0) is 11.7. The molecule has 4 nitrogen and oxygen atoms in total. The van der Waals surface area contributed by atoms with Gasteiger partial charge in [0.05, 0.1) is 5.69 Å². The Morgan fingerprint density at radius 3 is 2.53 bits per heavy atom. The van der Waals surface area contributed by atoms with Crippen LogP contribution in [0.3, 0.4) is 0 Å². The number of ether oxygens (including phenoxy) is 1. The molecule has 1 aromatic heterocycles. The predicted molar refractivity (Wildman–Crippen MR) is 63.0 cm³/mol. The number of hydrogen-bond acceptors (Lipinski definition) is 3. The van der Waals surface area contributed by atoms with Gasteiger partial charge in [0.2, 0.25) is 0 Å². The molecule has 0 aromatic carbocycles. The third kappa shape index (κ3) is 9.46. The highest BCUT2D eigenvalue weighted by Gasteiger charge is 2.07. The van der Waals surface area contributed by atoms with Crippen molar-refractivity contribution in [3.05, 3.63) is 18.0 Å². The van der Waals surface area contributed by atoms with Crippen LogP contribution in [-0.2, 0) is 16.0 Å². The monoisotopic (exact) mass is 276 g/mol. The number of rotatable bonds is 3. The van der Waals surface area contributed by atoms with Gasteiger partial charge in [-0.3, -0.25) is 9.89 Å². The van der Waals surface area contributed by atoms with Crippen molar-refractivity contribution in [1.82, 2.24) is 10.2 Å². The van der Waals surface area contributed by atoms with Crippen molar-refractivity contribution in [2.75, 3.05) is 5.33 Å². The zero-order valence-electron chi connectivity index (χ0n) is 9.29. The van der Waals surface area contributed by atoms with Crippen molar-refractivity contribution >= 4 is 22.4 Å². The van der Waals surface area contributed by atoms with Crippen LogP contribution in [0.15, 0.2) is 12.3 Å². The lowest BCUT2D eigenvalue weighted by Gasteiger charge is -2.14. The first kappa shape index (κ1) is 14.2. The molecule has 15 heavy (non-hydrogen) atoms. The van der Waals surface area contributed by atoms with Gasteiger partial charge in [0.1, 0.15) is 5.60 Å². The van der Waals surface area contributed by atoms with Crippen LogP contribution in [0.5, 0.6) is 0 Å². The molecule has 1 N–H and O–H groups in total. The number of nitrogens with zero attached hydrogens (tertiary/aromatic N) is 1. The molecule has 0 radical (unpaired) electrons. The van der Waals surface area contributed by atoms with E-state index >= 15 is 0 Å². The van der Waals surface area contributed by atoms with Gasteiger partial charge in [0.15, 0.2) is 0 Å². The highest BCUT2D eigenvalue weighted by Crippen LogP contribution is 2.02. The van der Waals surface area contributed by atoms with Gasteiger partial charge in [-0.05, 0) is 26.8 Å². The molecule has 1 aromatic rings. The van der Waals surface area contributed by atoms with E-state index in [9.17, 15) is 4.79 Å². The highest BCUT2D eigenvalue weighted by atomic mass is 79.9. The van der Waals surface area contributed by atoms with Gasteiger partial charge in [0, 0.05) is 17.9 Å². The lowest BCUT2D eigenvalue weighted by atomic mass is 10.2. The Hall–Kier alpha value is -0.840. The Morgan fingerprint density at radius 2 is 2.27 bits per heavy atom. The second kappa shape index (κ2) is 7.45.